The van der Waals surface area contributed by atoms with Crippen molar-refractivity contribution in [3.05, 3.63) is 35.6 Å². The summed E-state index contributed by atoms with van der Waals surface area (Å²) in [7, 11) is 1.82. The fraction of sp³-hybridized carbons (Fsp3) is 0.0833. The molecule has 0 spiro atoms. The number of nitrogens with two attached hydrogens (primary N) is 1. The van der Waals surface area contributed by atoms with Gasteiger partial charge >= 0.3 is 0 Å². The number of anilines is 1. The smallest absolute Gasteiger partial charge is 0.258 e. The zero-order chi connectivity index (χ0) is 13.4. The van der Waals surface area contributed by atoms with E-state index in [1.54, 1.807) is 29.1 Å². The third-order valence-corrected chi connectivity index (χ3v) is 2.98. The van der Waals surface area contributed by atoms with Crippen LogP contribution in [0.2, 0.25) is 5.02 Å². The first-order valence-corrected chi connectivity index (χ1v) is 5.89. The summed E-state index contributed by atoms with van der Waals surface area (Å²) in [5, 5.41) is 8.47. The first kappa shape index (κ1) is 11.7. The Morgan fingerprint density at radius 1 is 1.32 bits per heavy atom. The van der Waals surface area contributed by atoms with E-state index in [1.807, 2.05) is 13.2 Å². The molecule has 2 aromatic heterocycles. The van der Waals surface area contributed by atoms with Gasteiger partial charge in [0.05, 0.1) is 22.5 Å². The molecule has 1 aromatic carbocycles. The number of nitrogen functional groups attached to an aromatic ring is 1. The molecule has 3 rings (SSSR count). The summed E-state index contributed by atoms with van der Waals surface area (Å²) >= 11 is 5.87. The summed E-state index contributed by atoms with van der Waals surface area (Å²) < 4.78 is 6.88. The first-order chi connectivity index (χ1) is 9.13. The van der Waals surface area contributed by atoms with Crippen molar-refractivity contribution in [3.8, 4) is 22.8 Å². The van der Waals surface area contributed by atoms with Crippen LogP contribution in [-0.2, 0) is 7.05 Å². The van der Waals surface area contributed by atoms with Gasteiger partial charge in [-0.1, -0.05) is 16.8 Å². The van der Waals surface area contributed by atoms with E-state index >= 15 is 0 Å². The molecule has 0 amide bonds. The number of nitrogens with zero attached hydrogens (tertiary/aromatic N) is 4. The Kier molecular flexibility index (Phi) is 2.72. The molecule has 2 N–H and O–H groups in total. The second-order valence-corrected chi connectivity index (χ2v) is 4.47. The molecular formula is C12H10ClN5O. The summed E-state index contributed by atoms with van der Waals surface area (Å²) in [5.74, 6) is 0.874. The molecule has 2 heterocycles. The van der Waals surface area contributed by atoms with Gasteiger partial charge in [-0.25, -0.2) is 0 Å². The number of benzene rings is 1. The van der Waals surface area contributed by atoms with Crippen molar-refractivity contribution in [2.24, 2.45) is 7.05 Å². The van der Waals surface area contributed by atoms with E-state index in [2.05, 4.69) is 15.2 Å². The normalized spacial score (nSPS) is 10.8. The lowest BCUT2D eigenvalue weighted by Gasteiger charge is -1.98. The number of halogens is 1. The van der Waals surface area contributed by atoms with Crippen molar-refractivity contribution < 1.29 is 4.52 Å². The van der Waals surface area contributed by atoms with E-state index in [9.17, 15) is 0 Å². The molecule has 0 saturated heterocycles. The summed E-state index contributed by atoms with van der Waals surface area (Å²) in [6.45, 7) is 0. The van der Waals surface area contributed by atoms with Crippen molar-refractivity contribution in [2.45, 2.75) is 0 Å². The Morgan fingerprint density at radius 2 is 2.16 bits per heavy atom. The predicted molar refractivity (Wildman–Crippen MR) is 71.4 cm³/mol. The van der Waals surface area contributed by atoms with E-state index in [0.717, 1.165) is 11.1 Å². The maximum Gasteiger partial charge on any atom is 0.258 e. The molecule has 0 bridgehead atoms. The lowest BCUT2D eigenvalue weighted by molar-refractivity contribution is 0.432. The number of aryl methyl sites for hydroxylation is 1. The maximum absolute atomic E-state index is 5.87. The Morgan fingerprint density at radius 3 is 2.84 bits per heavy atom. The zero-order valence-corrected chi connectivity index (χ0v) is 10.8. The van der Waals surface area contributed by atoms with Gasteiger partial charge < -0.3 is 10.3 Å². The molecule has 3 aromatic rings. The average molecular weight is 276 g/mol. The van der Waals surface area contributed by atoms with Gasteiger partial charge in [0.2, 0.25) is 5.82 Å². The van der Waals surface area contributed by atoms with Gasteiger partial charge in [0.1, 0.15) is 0 Å². The van der Waals surface area contributed by atoms with Crippen molar-refractivity contribution >= 4 is 17.3 Å². The molecule has 0 fully saturated rings. The second-order valence-electron chi connectivity index (χ2n) is 4.06. The SMILES string of the molecule is Cn1cc(-c2noc(-c3ccc(Cl)c(N)c3)n2)cn1. The van der Waals surface area contributed by atoms with Crippen LogP contribution >= 0.6 is 11.6 Å². The van der Waals surface area contributed by atoms with Gasteiger partial charge in [0.25, 0.3) is 5.89 Å². The van der Waals surface area contributed by atoms with Crippen LogP contribution in [0.3, 0.4) is 0 Å². The monoisotopic (exact) mass is 275 g/mol. The minimum atomic E-state index is 0.391. The number of rotatable bonds is 2. The summed E-state index contributed by atoms with van der Waals surface area (Å²) in [6.07, 6.45) is 3.48. The lowest BCUT2D eigenvalue weighted by Crippen LogP contribution is -1.87. The third kappa shape index (κ3) is 2.17. The van der Waals surface area contributed by atoms with Crippen LogP contribution < -0.4 is 5.73 Å². The van der Waals surface area contributed by atoms with Crippen LogP contribution in [0.15, 0.2) is 35.1 Å². The summed E-state index contributed by atoms with van der Waals surface area (Å²) in [4.78, 5) is 4.31. The summed E-state index contributed by atoms with van der Waals surface area (Å²) in [5.41, 5.74) is 7.73. The Hall–Kier alpha value is -2.34. The lowest BCUT2D eigenvalue weighted by atomic mass is 10.2. The predicted octanol–water partition coefficient (Wildman–Crippen LogP) is 2.37. The van der Waals surface area contributed by atoms with Gasteiger partial charge in [-0.3, -0.25) is 4.68 Å². The van der Waals surface area contributed by atoms with E-state index < -0.39 is 0 Å². The molecule has 0 saturated carbocycles. The largest absolute Gasteiger partial charge is 0.398 e. The molecule has 0 radical (unpaired) electrons. The van der Waals surface area contributed by atoms with Gasteiger partial charge in [0, 0.05) is 18.8 Å². The molecule has 96 valence electrons. The zero-order valence-electron chi connectivity index (χ0n) is 10.0. The van der Waals surface area contributed by atoms with Crippen LogP contribution in [0, 0.1) is 0 Å². The van der Waals surface area contributed by atoms with Gasteiger partial charge in [-0.2, -0.15) is 10.1 Å². The van der Waals surface area contributed by atoms with E-state index in [0.29, 0.717) is 22.4 Å². The fourth-order valence-electron chi connectivity index (χ4n) is 1.67. The molecule has 6 nitrogen and oxygen atoms in total. The quantitative estimate of drug-likeness (QED) is 0.726. The first-order valence-electron chi connectivity index (χ1n) is 5.51. The molecule has 7 heteroatoms. The summed E-state index contributed by atoms with van der Waals surface area (Å²) in [6, 6.07) is 5.17. The highest BCUT2D eigenvalue weighted by Gasteiger charge is 2.12. The van der Waals surface area contributed by atoms with Crippen LogP contribution in [0.5, 0.6) is 0 Å². The number of aromatic nitrogens is 4. The standard InChI is InChI=1S/C12H10ClN5O/c1-18-6-8(5-15-18)11-16-12(19-17-11)7-2-3-9(13)10(14)4-7/h2-6H,14H2,1H3. The van der Waals surface area contributed by atoms with Crippen LogP contribution in [0.1, 0.15) is 0 Å². The highest BCUT2D eigenvalue weighted by Crippen LogP contribution is 2.27. The average Bonchev–Trinajstić information content (AvgIpc) is 3.01. The maximum atomic E-state index is 5.87. The highest BCUT2D eigenvalue weighted by molar-refractivity contribution is 6.33. The Bertz CT molecular complexity index is 733. The molecular weight excluding hydrogens is 266 g/mol. The number of hydrogen-bond donors (Lipinski definition) is 1. The Balaban J connectivity index is 1.98. The van der Waals surface area contributed by atoms with Gasteiger partial charge in [0.15, 0.2) is 0 Å². The van der Waals surface area contributed by atoms with E-state index in [1.165, 1.54) is 0 Å². The van der Waals surface area contributed by atoms with Crippen molar-refractivity contribution in [3.63, 3.8) is 0 Å². The van der Waals surface area contributed by atoms with Gasteiger partial charge in [-0.15, -0.1) is 0 Å². The molecule has 0 unspecified atom stereocenters. The second kappa shape index (κ2) is 4.40. The van der Waals surface area contributed by atoms with Crippen molar-refractivity contribution in [1.82, 2.24) is 19.9 Å². The van der Waals surface area contributed by atoms with Crippen LogP contribution in [0.25, 0.3) is 22.8 Å². The molecule has 0 aliphatic carbocycles. The van der Waals surface area contributed by atoms with Crippen molar-refractivity contribution in [1.29, 1.82) is 0 Å². The van der Waals surface area contributed by atoms with E-state index in [-0.39, 0.29) is 0 Å². The minimum absolute atomic E-state index is 0.391. The molecule has 0 atom stereocenters. The van der Waals surface area contributed by atoms with Crippen LogP contribution in [-0.4, -0.2) is 19.9 Å². The van der Waals surface area contributed by atoms with E-state index in [4.69, 9.17) is 21.9 Å². The molecule has 0 aliphatic rings. The Labute approximate surface area is 113 Å². The fourth-order valence-corrected chi connectivity index (χ4v) is 1.79. The molecule has 0 aliphatic heterocycles. The topological polar surface area (TPSA) is 82.8 Å². The highest BCUT2D eigenvalue weighted by atomic mass is 35.5. The van der Waals surface area contributed by atoms with Gasteiger partial charge in [-0.05, 0) is 18.2 Å². The molecule has 19 heavy (non-hydrogen) atoms. The van der Waals surface area contributed by atoms with Crippen molar-refractivity contribution in [2.75, 3.05) is 5.73 Å². The van der Waals surface area contributed by atoms with Crippen LogP contribution in [0.4, 0.5) is 5.69 Å². The number of hydrogen-bond acceptors (Lipinski definition) is 5. The third-order valence-electron chi connectivity index (χ3n) is 2.63. The minimum Gasteiger partial charge on any atom is -0.398 e.